The predicted molar refractivity (Wildman–Crippen MR) is 114 cm³/mol. The molecule has 2 aromatic carbocycles. The Balaban J connectivity index is 1.79. The molecular weight excluding hydrogens is 445 g/mol. The molecule has 0 heterocycles. The van der Waals surface area contributed by atoms with Gasteiger partial charge in [-0.05, 0) is 62.6 Å². The van der Waals surface area contributed by atoms with E-state index in [1.54, 1.807) is 11.9 Å². The van der Waals surface area contributed by atoms with Crippen molar-refractivity contribution in [2.45, 2.75) is 37.5 Å². The molecule has 1 aliphatic rings. The molecule has 1 aliphatic carbocycles. The maximum Gasteiger partial charge on any atom is 0.416 e. The van der Waals surface area contributed by atoms with Gasteiger partial charge in [0.1, 0.15) is 5.66 Å². The van der Waals surface area contributed by atoms with Crippen LogP contribution in [0.4, 0.5) is 27.6 Å². The molecule has 0 aromatic heterocycles. The average molecular weight is 469 g/mol. The zero-order valence-electron chi connectivity index (χ0n) is 17.9. The van der Waals surface area contributed by atoms with Crippen LogP contribution < -0.4 is 5.32 Å². The summed E-state index contributed by atoms with van der Waals surface area (Å²) in [5.41, 5.74) is -0.941. The van der Waals surface area contributed by atoms with Crippen LogP contribution in [0.3, 0.4) is 0 Å². The van der Waals surface area contributed by atoms with Crippen LogP contribution in [0.5, 0.6) is 0 Å². The van der Waals surface area contributed by atoms with Crippen molar-refractivity contribution in [1.82, 2.24) is 4.90 Å². The van der Waals surface area contributed by atoms with Crippen molar-refractivity contribution >= 4 is 17.3 Å². The molecule has 1 saturated carbocycles. The van der Waals surface area contributed by atoms with E-state index in [0.29, 0.717) is 18.4 Å². The Morgan fingerprint density at radius 2 is 1.73 bits per heavy atom. The number of carbonyl (C=O) groups is 1. The van der Waals surface area contributed by atoms with Gasteiger partial charge in [-0.1, -0.05) is 12.1 Å². The van der Waals surface area contributed by atoms with Gasteiger partial charge in [0.25, 0.3) is 0 Å². The molecule has 5 nitrogen and oxygen atoms in total. The summed E-state index contributed by atoms with van der Waals surface area (Å²) in [6, 6.07) is 7.42. The Hall–Kier alpha value is -2.85. The normalized spacial score (nSPS) is 16.3. The molecule has 178 valence electrons. The van der Waals surface area contributed by atoms with Gasteiger partial charge in [-0.2, -0.15) is 13.2 Å². The number of alkyl halides is 3. The standard InChI is InChI=1S/C23H24F5N3O2/c1-31(13-21(33)29-17-8-9-18(24)19(25)12-17)22(10-2-3-11-22)30-20(14-32)15-4-6-16(7-5-15)23(26,27)28/h4-9,12,32H,2-3,10-11,13-14H2,1H3,(H,29,33). The largest absolute Gasteiger partial charge is 0.416 e. The number of likely N-dealkylation sites (N-methyl/N-ethyl adjacent to an activating group) is 1. The Morgan fingerprint density at radius 1 is 1.09 bits per heavy atom. The first kappa shape index (κ1) is 24.8. The molecule has 0 radical (unpaired) electrons. The summed E-state index contributed by atoms with van der Waals surface area (Å²) < 4.78 is 65.0. The van der Waals surface area contributed by atoms with Crippen LogP contribution >= 0.6 is 0 Å². The minimum Gasteiger partial charge on any atom is -0.390 e. The first-order valence-electron chi connectivity index (χ1n) is 10.4. The second kappa shape index (κ2) is 9.96. The summed E-state index contributed by atoms with van der Waals surface area (Å²) in [5, 5.41) is 12.4. The number of amides is 1. The lowest BCUT2D eigenvalue weighted by molar-refractivity contribution is -0.137. The van der Waals surface area contributed by atoms with Crippen molar-refractivity contribution in [3.63, 3.8) is 0 Å². The zero-order valence-corrected chi connectivity index (χ0v) is 17.9. The van der Waals surface area contributed by atoms with Crippen molar-refractivity contribution in [1.29, 1.82) is 0 Å². The summed E-state index contributed by atoms with van der Waals surface area (Å²) >= 11 is 0. The smallest absolute Gasteiger partial charge is 0.390 e. The molecule has 0 spiro atoms. The van der Waals surface area contributed by atoms with E-state index in [4.69, 9.17) is 4.99 Å². The van der Waals surface area contributed by atoms with Gasteiger partial charge in [-0.25, -0.2) is 8.78 Å². The number of aliphatic imine (C=N–C) groups is 1. The maximum atomic E-state index is 13.4. The van der Waals surface area contributed by atoms with Gasteiger partial charge in [0, 0.05) is 11.8 Å². The number of halogens is 5. The quantitative estimate of drug-likeness (QED) is 0.460. The second-order valence-corrected chi connectivity index (χ2v) is 8.01. The molecule has 0 saturated heterocycles. The third-order valence-corrected chi connectivity index (χ3v) is 5.74. The summed E-state index contributed by atoms with van der Waals surface area (Å²) in [7, 11) is 1.68. The molecule has 0 atom stereocenters. The first-order chi connectivity index (χ1) is 15.5. The molecular formula is C23H24F5N3O2. The van der Waals surface area contributed by atoms with Gasteiger partial charge in [-0.15, -0.1) is 0 Å². The topological polar surface area (TPSA) is 64.9 Å². The van der Waals surface area contributed by atoms with E-state index in [-0.39, 0.29) is 17.9 Å². The van der Waals surface area contributed by atoms with Gasteiger partial charge in [0.15, 0.2) is 11.6 Å². The lowest BCUT2D eigenvalue weighted by atomic mass is 10.0. The Bertz CT molecular complexity index is 1020. The van der Waals surface area contributed by atoms with E-state index in [0.717, 1.165) is 37.1 Å². The number of hydrogen-bond acceptors (Lipinski definition) is 4. The van der Waals surface area contributed by atoms with Crippen molar-refractivity contribution < 1.29 is 31.9 Å². The number of anilines is 1. The number of benzene rings is 2. The fraction of sp³-hybridized carbons (Fsp3) is 0.391. The van der Waals surface area contributed by atoms with Crippen LogP contribution in [0.25, 0.3) is 0 Å². The minimum absolute atomic E-state index is 0.108. The average Bonchev–Trinajstić information content (AvgIpc) is 3.24. The molecule has 33 heavy (non-hydrogen) atoms. The number of hydrogen-bond donors (Lipinski definition) is 2. The number of aliphatic hydroxyl groups is 1. The molecule has 0 unspecified atom stereocenters. The highest BCUT2D eigenvalue weighted by atomic mass is 19.4. The Morgan fingerprint density at radius 3 is 2.27 bits per heavy atom. The van der Waals surface area contributed by atoms with Gasteiger partial charge in [0.05, 0.1) is 24.4 Å². The van der Waals surface area contributed by atoms with E-state index >= 15 is 0 Å². The molecule has 0 aliphatic heterocycles. The van der Waals surface area contributed by atoms with Gasteiger partial charge in [-0.3, -0.25) is 14.7 Å². The van der Waals surface area contributed by atoms with Crippen LogP contribution in [0.2, 0.25) is 0 Å². The number of carbonyl (C=O) groups excluding carboxylic acids is 1. The number of nitrogens with one attached hydrogen (secondary N) is 1. The van der Waals surface area contributed by atoms with Crippen molar-refractivity contribution in [2.24, 2.45) is 4.99 Å². The molecule has 2 N–H and O–H groups in total. The van der Waals surface area contributed by atoms with Crippen molar-refractivity contribution in [3.8, 4) is 0 Å². The molecule has 10 heteroatoms. The summed E-state index contributed by atoms with van der Waals surface area (Å²) in [6.07, 6.45) is -1.64. The van der Waals surface area contributed by atoms with Gasteiger partial charge >= 0.3 is 6.18 Å². The lowest BCUT2D eigenvalue weighted by Crippen LogP contribution is -2.47. The highest BCUT2D eigenvalue weighted by Crippen LogP contribution is 2.36. The Kier molecular flexibility index (Phi) is 7.48. The molecule has 3 rings (SSSR count). The van der Waals surface area contributed by atoms with E-state index < -0.39 is 41.6 Å². The molecule has 1 amide bonds. The summed E-state index contributed by atoms with van der Waals surface area (Å²) in [6.45, 7) is -0.601. The van der Waals surface area contributed by atoms with Gasteiger partial charge in [0.2, 0.25) is 5.91 Å². The predicted octanol–water partition coefficient (Wildman–Crippen LogP) is 4.61. The van der Waals surface area contributed by atoms with E-state index in [9.17, 15) is 31.9 Å². The third-order valence-electron chi connectivity index (χ3n) is 5.74. The highest BCUT2D eigenvalue weighted by Gasteiger charge is 2.39. The molecule has 1 fully saturated rings. The SMILES string of the molecule is CN(CC(=O)Nc1ccc(F)c(F)c1)C1(N=C(CO)c2ccc(C(F)(F)F)cc2)CCCC1. The minimum atomic E-state index is -4.47. The van der Waals surface area contributed by atoms with Crippen LogP contribution in [0, 0.1) is 11.6 Å². The Labute approximate surface area is 187 Å². The van der Waals surface area contributed by atoms with E-state index in [1.165, 1.54) is 18.2 Å². The fourth-order valence-corrected chi connectivity index (χ4v) is 3.95. The number of aliphatic hydroxyl groups excluding tert-OH is 1. The monoisotopic (exact) mass is 469 g/mol. The van der Waals surface area contributed by atoms with Crippen molar-refractivity contribution in [2.75, 3.05) is 25.5 Å². The number of nitrogens with zero attached hydrogens (tertiary/aromatic N) is 2. The van der Waals surface area contributed by atoms with Crippen molar-refractivity contribution in [3.05, 3.63) is 65.2 Å². The third kappa shape index (κ3) is 5.94. The van der Waals surface area contributed by atoms with Crippen LogP contribution in [0.1, 0.15) is 36.8 Å². The maximum absolute atomic E-state index is 13.4. The van der Waals surface area contributed by atoms with E-state index in [1.807, 2.05) is 0 Å². The van der Waals surface area contributed by atoms with E-state index in [2.05, 4.69) is 5.32 Å². The molecule has 0 bridgehead atoms. The van der Waals surface area contributed by atoms with Crippen LogP contribution in [0.15, 0.2) is 47.5 Å². The van der Waals surface area contributed by atoms with Gasteiger partial charge < -0.3 is 10.4 Å². The summed E-state index contributed by atoms with van der Waals surface area (Å²) in [5.74, 6) is -2.57. The van der Waals surface area contributed by atoms with Crippen LogP contribution in [-0.2, 0) is 11.0 Å². The van der Waals surface area contributed by atoms with Crippen LogP contribution in [-0.4, -0.2) is 47.5 Å². The molecule has 2 aromatic rings. The second-order valence-electron chi connectivity index (χ2n) is 8.01. The lowest BCUT2D eigenvalue weighted by Gasteiger charge is -2.35. The first-order valence-corrected chi connectivity index (χ1v) is 10.4. The number of rotatable bonds is 7. The fourth-order valence-electron chi connectivity index (χ4n) is 3.95. The summed E-state index contributed by atoms with van der Waals surface area (Å²) in [4.78, 5) is 18.9. The highest BCUT2D eigenvalue weighted by molar-refractivity contribution is 6.01. The zero-order chi connectivity index (χ0) is 24.2.